The predicted octanol–water partition coefficient (Wildman–Crippen LogP) is 2.84. The molecule has 1 aromatic rings. The molecule has 0 amide bonds. The van der Waals surface area contributed by atoms with Crippen molar-refractivity contribution < 1.29 is 4.74 Å². The summed E-state index contributed by atoms with van der Waals surface area (Å²) in [4.78, 5) is 9.09. The Kier molecular flexibility index (Phi) is 6.05. The summed E-state index contributed by atoms with van der Waals surface area (Å²) in [5.74, 6) is 2.70. The van der Waals surface area contributed by atoms with Gasteiger partial charge < -0.3 is 15.4 Å². The van der Waals surface area contributed by atoms with E-state index in [1.807, 2.05) is 6.07 Å². The number of hydrogen-bond acceptors (Lipinski definition) is 5. The van der Waals surface area contributed by atoms with E-state index < -0.39 is 0 Å². The molecule has 1 atom stereocenters. The van der Waals surface area contributed by atoms with Crippen molar-refractivity contribution in [2.75, 3.05) is 30.3 Å². The quantitative estimate of drug-likeness (QED) is 0.803. The molecule has 1 fully saturated rings. The fourth-order valence-electron chi connectivity index (χ4n) is 2.38. The highest BCUT2D eigenvalue weighted by molar-refractivity contribution is 5.47. The molecule has 2 rings (SSSR count). The van der Waals surface area contributed by atoms with Gasteiger partial charge in [-0.05, 0) is 32.6 Å². The Bertz CT molecular complexity index is 381. The van der Waals surface area contributed by atoms with E-state index in [1.54, 1.807) is 0 Å². The molecular formula is C15H26N4O. The zero-order valence-electron chi connectivity index (χ0n) is 12.6. The van der Waals surface area contributed by atoms with Crippen LogP contribution in [0.15, 0.2) is 6.07 Å². The molecular weight excluding hydrogens is 252 g/mol. The lowest BCUT2D eigenvalue weighted by atomic mass is 10.1. The van der Waals surface area contributed by atoms with Crippen molar-refractivity contribution in [3.05, 3.63) is 11.9 Å². The Morgan fingerprint density at radius 3 is 2.65 bits per heavy atom. The first-order valence-corrected chi connectivity index (χ1v) is 7.79. The lowest BCUT2D eigenvalue weighted by Gasteiger charge is -2.23. The van der Waals surface area contributed by atoms with Gasteiger partial charge in [0.2, 0.25) is 0 Å². The molecule has 0 aliphatic carbocycles. The summed E-state index contributed by atoms with van der Waals surface area (Å²) in [6, 6.07) is 1.98. The molecule has 0 bridgehead atoms. The van der Waals surface area contributed by atoms with E-state index in [0.29, 0.717) is 6.10 Å². The molecule has 112 valence electrons. The van der Waals surface area contributed by atoms with Gasteiger partial charge in [0, 0.05) is 32.2 Å². The predicted molar refractivity (Wildman–Crippen MR) is 82.3 cm³/mol. The van der Waals surface area contributed by atoms with Gasteiger partial charge in [-0.3, -0.25) is 0 Å². The summed E-state index contributed by atoms with van der Waals surface area (Å²) < 4.78 is 5.73. The number of hydrogen-bond donors (Lipinski definition) is 2. The average molecular weight is 278 g/mol. The molecule has 2 heterocycles. The highest BCUT2D eigenvalue weighted by atomic mass is 16.5. The van der Waals surface area contributed by atoms with E-state index in [2.05, 4.69) is 34.4 Å². The summed E-state index contributed by atoms with van der Waals surface area (Å²) in [6.07, 6.45) is 5.87. The van der Waals surface area contributed by atoms with Crippen molar-refractivity contribution in [1.82, 2.24) is 9.97 Å². The Labute approximate surface area is 121 Å². The molecule has 0 aromatic carbocycles. The van der Waals surface area contributed by atoms with Crippen LogP contribution in [0.3, 0.4) is 0 Å². The van der Waals surface area contributed by atoms with Crippen LogP contribution in [0.4, 0.5) is 11.6 Å². The molecule has 5 nitrogen and oxygen atoms in total. The number of rotatable bonds is 7. The van der Waals surface area contributed by atoms with Gasteiger partial charge in [-0.2, -0.15) is 0 Å². The van der Waals surface area contributed by atoms with Gasteiger partial charge in [0.25, 0.3) is 0 Å². The number of nitrogens with zero attached hydrogens (tertiary/aromatic N) is 2. The average Bonchev–Trinajstić information content (AvgIpc) is 2.47. The molecule has 5 heteroatoms. The van der Waals surface area contributed by atoms with Crippen LogP contribution in [0.25, 0.3) is 0 Å². The van der Waals surface area contributed by atoms with Crippen LogP contribution in [0.1, 0.15) is 45.4 Å². The lowest BCUT2D eigenvalue weighted by Crippen LogP contribution is -2.27. The van der Waals surface area contributed by atoms with Crippen molar-refractivity contribution >= 4 is 11.6 Å². The third kappa shape index (κ3) is 4.63. The van der Waals surface area contributed by atoms with E-state index in [9.17, 15) is 0 Å². The molecule has 1 unspecified atom stereocenters. The maximum absolute atomic E-state index is 5.73. The number of nitrogens with one attached hydrogen (secondary N) is 2. The first kappa shape index (κ1) is 15.0. The molecule has 0 saturated carbocycles. The zero-order valence-corrected chi connectivity index (χ0v) is 12.6. The summed E-state index contributed by atoms with van der Waals surface area (Å²) >= 11 is 0. The minimum absolute atomic E-state index is 0.316. The second kappa shape index (κ2) is 8.04. The smallest absolute Gasteiger partial charge is 0.133 e. The van der Waals surface area contributed by atoms with E-state index in [-0.39, 0.29) is 0 Å². The minimum atomic E-state index is 0.316. The van der Waals surface area contributed by atoms with E-state index in [1.165, 1.54) is 12.8 Å². The van der Waals surface area contributed by atoms with E-state index in [4.69, 9.17) is 4.74 Å². The summed E-state index contributed by atoms with van der Waals surface area (Å²) in [6.45, 7) is 6.80. The van der Waals surface area contributed by atoms with Crippen LogP contribution in [-0.2, 0) is 11.2 Å². The van der Waals surface area contributed by atoms with Gasteiger partial charge in [-0.1, -0.05) is 6.92 Å². The highest BCUT2D eigenvalue weighted by Crippen LogP contribution is 2.16. The van der Waals surface area contributed by atoms with E-state index in [0.717, 1.165) is 56.4 Å². The van der Waals surface area contributed by atoms with Crippen molar-refractivity contribution in [3.8, 4) is 0 Å². The van der Waals surface area contributed by atoms with Crippen LogP contribution < -0.4 is 10.6 Å². The second-order valence-electron chi connectivity index (χ2n) is 5.20. The molecule has 1 aliphatic rings. The van der Waals surface area contributed by atoms with Gasteiger partial charge in [0.15, 0.2) is 0 Å². The number of aromatic nitrogens is 2. The van der Waals surface area contributed by atoms with Crippen molar-refractivity contribution in [1.29, 1.82) is 0 Å². The van der Waals surface area contributed by atoms with Crippen LogP contribution >= 0.6 is 0 Å². The van der Waals surface area contributed by atoms with E-state index >= 15 is 0 Å². The Morgan fingerprint density at radius 1 is 1.20 bits per heavy atom. The number of anilines is 2. The standard InChI is InChI=1S/C15H26N4O/c1-3-7-13-18-14(16-4-2)10-15(19-13)17-11-12-8-5-6-9-20-12/h10,12H,3-9,11H2,1-2H3,(H2,16,17,18,19). The second-order valence-corrected chi connectivity index (χ2v) is 5.20. The van der Waals surface area contributed by atoms with Crippen molar-refractivity contribution in [2.24, 2.45) is 0 Å². The topological polar surface area (TPSA) is 59.1 Å². The van der Waals surface area contributed by atoms with Gasteiger partial charge in [-0.25, -0.2) is 9.97 Å². The Morgan fingerprint density at radius 2 is 2.00 bits per heavy atom. The molecule has 20 heavy (non-hydrogen) atoms. The van der Waals surface area contributed by atoms with Crippen LogP contribution in [0.2, 0.25) is 0 Å². The highest BCUT2D eigenvalue weighted by Gasteiger charge is 2.14. The summed E-state index contributed by atoms with van der Waals surface area (Å²) in [5, 5.41) is 6.66. The zero-order chi connectivity index (χ0) is 14.2. The van der Waals surface area contributed by atoms with Gasteiger partial charge >= 0.3 is 0 Å². The molecule has 2 N–H and O–H groups in total. The minimum Gasteiger partial charge on any atom is -0.376 e. The maximum Gasteiger partial charge on any atom is 0.133 e. The monoisotopic (exact) mass is 278 g/mol. The third-order valence-corrected chi connectivity index (χ3v) is 3.39. The molecule has 1 saturated heterocycles. The maximum atomic E-state index is 5.73. The Hall–Kier alpha value is -1.36. The third-order valence-electron chi connectivity index (χ3n) is 3.39. The SMILES string of the molecule is CCCc1nc(NCC)cc(NCC2CCCCO2)n1. The number of aryl methyl sites for hydroxylation is 1. The first-order valence-electron chi connectivity index (χ1n) is 7.79. The van der Waals surface area contributed by atoms with Crippen LogP contribution in [0, 0.1) is 0 Å². The van der Waals surface area contributed by atoms with Crippen molar-refractivity contribution in [3.63, 3.8) is 0 Å². The molecule has 1 aromatic heterocycles. The molecule has 0 spiro atoms. The fraction of sp³-hybridized carbons (Fsp3) is 0.733. The van der Waals surface area contributed by atoms with Gasteiger partial charge in [0.1, 0.15) is 17.5 Å². The number of ether oxygens (including phenoxy) is 1. The lowest BCUT2D eigenvalue weighted by molar-refractivity contribution is 0.0247. The van der Waals surface area contributed by atoms with Gasteiger partial charge in [0.05, 0.1) is 6.10 Å². The van der Waals surface area contributed by atoms with Crippen molar-refractivity contribution in [2.45, 2.75) is 52.1 Å². The first-order chi connectivity index (χ1) is 9.81. The Balaban J connectivity index is 1.97. The van der Waals surface area contributed by atoms with Crippen LogP contribution in [-0.4, -0.2) is 35.8 Å². The largest absolute Gasteiger partial charge is 0.376 e. The summed E-state index contributed by atoms with van der Waals surface area (Å²) in [7, 11) is 0. The molecule has 1 aliphatic heterocycles. The summed E-state index contributed by atoms with van der Waals surface area (Å²) in [5.41, 5.74) is 0. The van der Waals surface area contributed by atoms with Crippen LogP contribution in [0.5, 0.6) is 0 Å². The normalized spacial score (nSPS) is 18.8. The molecule has 0 radical (unpaired) electrons. The van der Waals surface area contributed by atoms with Gasteiger partial charge in [-0.15, -0.1) is 0 Å². The fourth-order valence-corrected chi connectivity index (χ4v) is 2.38.